The summed E-state index contributed by atoms with van der Waals surface area (Å²) in [7, 11) is 0. The van der Waals surface area contributed by atoms with Gasteiger partial charge < -0.3 is 36.2 Å². The van der Waals surface area contributed by atoms with Crippen LogP contribution in [0.15, 0.2) is 73.3 Å². The van der Waals surface area contributed by atoms with Crippen LogP contribution in [0.25, 0.3) is 11.2 Å². The first-order valence-electron chi connectivity index (χ1n) is 15.7. The molecule has 2 aromatic carbocycles. The summed E-state index contributed by atoms with van der Waals surface area (Å²) in [5.41, 5.74) is 3.60. The Kier molecular flexibility index (Phi) is 10.8. The molecule has 6 N–H and O–H groups in total. The average Bonchev–Trinajstić information content (AvgIpc) is 3.59. The molecule has 12 nitrogen and oxygen atoms in total. The van der Waals surface area contributed by atoms with Gasteiger partial charge in [0, 0.05) is 24.8 Å². The zero-order chi connectivity index (χ0) is 33.6. The third kappa shape index (κ3) is 8.69. The van der Waals surface area contributed by atoms with Crippen molar-refractivity contribution in [1.29, 1.82) is 0 Å². The van der Waals surface area contributed by atoms with Gasteiger partial charge in [-0.15, -0.1) is 0 Å². The molecule has 13 heteroatoms. The first-order chi connectivity index (χ1) is 22.5. The van der Waals surface area contributed by atoms with E-state index < -0.39 is 24.5 Å². The van der Waals surface area contributed by atoms with Crippen LogP contribution in [0.2, 0.25) is 0 Å². The lowest BCUT2D eigenvalue weighted by atomic mass is 9.87. The van der Waals surface area contributed by atoms with Crippen LogP contribution >= 0.6 is 0 Å². The first kappa shape index (κ1) is 33.9. The number of carbonyl (C=O) groups is 1. The maximum absolute atomic E-state index is 13.6. The molecule has 5 rings (SSSR count). The van der Waals surface area contributed by atoms with E-state index in [0.717, 1.165) is 11.3 Å². The van der Waals surface area contributed by atoms with Crippen molar-refractivity contribution in [3.8, 4) is 0 Å². The Bertz CT molecular complexity index is 1670. The number of hydrogen-bond donors (Lipinski definition) is 6. The molecular formula is C34H43FN8O4. The van der Waals surface area contributed by atoms with Gasteiger partial charge in [-0.1, -0.05) is 57.2 Å². The predicted molar refractivity (Wildman–Crippen MR) is 178 cm³/mol. The SMILES string of the molecule is CC(C=C[C@H]1O[C@@H](n2cnc3c(NCc4cccc(F)c4)ncnc32)[C@H](O)[C@@H]1O)NCCCNC(=O)Nc1ccc(C(C)(C)C)cc1. The second-order valence-electron chi connectivity index (χ2n) is 12.7. The molecule has 0 saturated carbocycles. The Morgan fingerprint density at radius 3 is 2.62 bits per heavy atom. The molecule has 250 valence electrons. The molecule has 5 atom stereocenters. The number of ether oxygens (including phenoxy) is 1. The van der Waals surface area contributed by atoms with Gasteiger partial charge in [0.05, 0.1) is 6.33 Å². The highest BCUT2D eigenvalue weighted by Crippen LogP contribution is 2.33. The highest BCUT2D eigenvalue weighted by molar-refractivity contribution is 5.89. The number of nitrogens with one attached hydrogen (secondary N) is 4. The molecule has 1 saturated heterocycles. The van der Waals surface area contributed by atoms with Crippen LogP contribution in [0.1, 0.15) is 51.5 Å². The van der Waals surface area contributed by atoms with Gasteiger partial charge in [0.2, 0.25) is 0 Å². The maximum Gasteiger partial charge on any atom is 0.319 e. The van der Waals surface area contributed by atoms with Crippen molar-refractivity contribution in [3.05, 3.63) is 90.3 Å². The minimum Gasteiger partial charge on any atom is -0.387 e. The number of aliphatic hydroxyl groups is 2. The number of halogens is 1. The number of benzene rings is 2. The van der Waals surface area contributed by atoms with E-state index in [4.69, 9.17) is 4.74 Å². The molecule has 4 aromatic rings. The van der Waals surface area contributed by atoms with Crippen molar-refractivity contribution in [3.63, 3.8) is 0 Å². The van der Waals surface area contributed by atoms with Crippen molar-refractivity contribution in [1.82, 2.24) is 30.2 Å². The zero-order valence-corrected chi connectivity index (χ0v) is 27.0. The Morgan fingerprint density at radius 1 is 1.09 bits per heavy atom. The monoisotopic (exact) mass is 646 g/mol. The number of fused-ring (bicyclic) bond motifs is 1. The van der Waals surface area contributed by atoms with Gasteiger partial charge in [-0.2, -0.15) is 0 Å². The summed E-state index contributed by atoms with van der Waals surface area (Å²) in [4.78, 5) is 25.3. The average molecular weight is 647 g/mol. The molecule has 3 heterocycles. The van der Waals surface area contributed by atoms with E-state index in [0.29, 0.717) is 43.0 Å². The number of aromatic nitrogens is 4. The van der Waals surface area contributed by atoms with Gasteiger partial charge in [0.15, 0.2) is 23.2 Å². The largest absolute Gasteiger partial charge is 0.387 e. The van der Waals surface area contributed by atoms with Crippen LogP contribution in [0, 0.1) is 5.82 Å². The quantitative estimate of drug-likeness (QED) is 0.0978. The number of anilines is 2. The molecule has 0 bridgehead atoms. The fourth-order valence-electron chi connectivity index (χ4n) is 5.27. The standard InChI is InChI=1S/C34H43FN8O4/c1-21(36-15-6-16-37-33(46)42-25-12-10-23(11-13-25)34(2,3)4)9-14-26-28(44)29(45)32(47-26)43-20-41-27-30(39-19-40-31(27)43)38-18-22-7-5-8-24(35)17-22/h5,7-14,17,19-21,26,28-29,32,36,44-45H,6,15-16,18H2,1-4H3,(H2,37,42,46)(H,38,39,40)/t21?,26-,28-,29-,32-/m1/s1. The number of urea groups is 1. The second-order valence-corrected chi connectivity index (χ2v) is 12.7. The summed E-state index contributed by atoms with van der Waals surface area (Å²) in [6.07, 6.45) is 3.09. The van der Waals surface area contributed by atoms with E-state index in [2.05, 4.69) is 57.0 Å². The van der Waals surface area contributed by atoms with E-state index in [9.17, 15) is 19.4 Å². The van der Waals surface area contributed by atoms with Crippen molar-refractivity contribution >= 4 is 28.7 Å². The molecule has 1 aliphatic rings. The topological polar surface area (TPSA) is 158 Å². The van der Waals surface area contributed by atoms with Crippen LogP contribution in [-0.4, -0.2) is 73.2 Å². The molecule has 1 unspecified atom stereocenters. The van der Waals surface area contributed by atoms with E-state index in [1.54, 1.807) is 22.8 Å². The van der Waals surface area contributed by atoms with E-state index in [1.807, 2.05) is 37.3 Å². The summed E-state index contributed by atoms with van der Waals surface area (Å²) in [5.74, 6) is 0.123. The lowest BCUT2D eigenvalue weighted by Crippen LogP contribution is -2.33. The Labute approximate surface area is 273 Å². The minimum absolute atomic E-state index is 0.0503. The fraction of sp³-hybridized carbons (Fsp3) is 0.412. The molecule has 0 spiro atoms. The van der Waals surface area contributed by atoms with Crippen molar-refractivity contribution in [2.24, 2.45) is 0 Å². The Morgan fingerprint density at radius 2 is 1.87 bits per heavy atom. The van der Waals surface area contributed by atoms with Crippen LogP contribution in [0.5, 0.6) is 0 Å². The van der Waals surface area contributed by atoms with Crippen LogP contribution < -0.4 is 21.3 Å². The third-order valence-electron chi connectivity index (χ3n) is 7.96. The number of imidazole rings is 1. The highest BCUT2D eigenvalue weighted by atomic mass is 19.1. The second kappa shape index (κ2) is 15.0. The summed E-state index contributed by atoms with van der Waals surface area (Å²) < 4.78 is 21.2. The molecule has 0 aliphatic carbocycles. The van der Waals surface area contributed by atoms with Gasteiger partial charge in [0.1, 0.15) is 30.5 Å². The number of amides is 2. The van der Waals surface area contributed by atoms with E-state index >= 15 is 0 Å². The third-order valence-corrected chi connectivity index (χ3v) is 7.96. The molecule has 2 amide bonds. The number of nitrogens with zero attached hydrogens (tertiary/aromatic N) is 4. The normalized spacial score (nSPS) is 20.5. The summed E-state index contributed by atoms with van der Waals surface area (Å²) in [6.45, 7) is 9.88. The smallest absolute Gasteiger partial charge is 0.319 e. The summed E-state index contributed by atoms with van der Waals surface area (Å²) in [6, 6.07) is 13.8. The fourth-order valence-corrected chi connectivity index (χ4v) is 5.27. The van der Waals surface area contributed by atoms with Crippen LogP contribution in [0.3, 0.4) is 0 Å². The Hall–Kier alpha value is -4.43. The van der Waals surface area contributed by atoms with E-state index in [-0.39, 0.29) is 23.3 Å². The van der Waals surface area contributed by atoms with Crippen LogP contribution in [-0.2, 0) is 16.7 Å². The molecule has 1 fully saturated rings. The summed E-state index contributed by atoms with van der Waals surface area (Å²) >= 11 is 0. The van der Waals surface area contributed by atoms with Crippen molar-refractivity contribution in [2.75, 3.05) is 23.7 Å². The summed E-state index contributed by atoms with van der Waals surface area (Å²) in [5, 5.41) is 33.8. The predicted octanol–water partition coefficient (Wildman–Crippen LogP) is 4.24. The van der Waals surface area contributed by atoms with E-state index in [1.165, 1.54) is 30.4 Å². The number of hydrogen-bond acceptors (Lipinski definition) is 9. The number of rotatable bonds is 12. The lowest BCUT2D eigenvalue weighted by molar-refractivity contribution is -0.0245. The molecule has 47 heavy (non-hydrogen) atoms. The van der Waals surface area contributed by atoms with Gasteiger partial charge in [-0.3, -0.25) is 4.57 Å². The van der Waals surface area contributed by atoms with Crippen molar-refractivity contribution < 1.29 is 24.1 Å². The highest BCUT2D eigenvalue weighted by Gasteiger charge is 2.43. The van der Waals surface area contributed by atoms with Crippen molar-refractivity contribution in [2.45, 2.75) is 76.7 Å². The van der Waals surface area contributed by atoms with Gasteiger partial charge >= 0.3 is 6.03 Å². The lowest BCUT2D eigenvalue weighted by Gasteiger charge is -2.19. The van der Waals surface area contributed by atoms with Gasteiger partial charge in [-0.25, -0.2) is 24.1 Å². The molecule has 2 aromatic heterocycles. The minimum atomic E-state index is -1.22. The van der Waals surface area contributed by atoms with Gasteiger partial charge in [-0.05, 0) is 60.7 Å². The van der Waals surface area contributed by atoms with Gasteiger partial charge in [0.25, 0.3) is 0 Å². The maximum atomic E-state index is 13.6. The van der Waals surface area contributed by atoms with Crippen LogP contribution in [0.4, 0.5) is 20.7 Å². The zero-order valence-electron chi connectivity index (χ0n) is 27.0. The molecule has 1 aliphatic heterocycles. The number of carbonyl (C=O) groups excluding carboxylic acids is 1. The molecule has 0 radical (unpaired) electrons. The number of aliphatic hydroxyl groups excluding tert-OH is 2. The molecular weight excluding hydrogens is 603 g/mol. The first-order valence-corrected chi connectivity index (χ1v) is 15.7. The Balaban J connectivity index is 1.07.